The molecule has 0 amide bonds. The van der Waals surface area contributed by atoms with Gasteiger partial charge in [0.2, 0.25) is 0 Å². The summed E-state index contributed by atoms with van der Waals surface area (Å²) in [6, 6.07) is 32.6. The van der Waals surface area contributed by atoms with E-state index in [2.05, 4.69) is 101 Å². The first kappa shape index (κ1) is 17.5. The molecule has 0 fully saturated rings. The molecular formula is C28H15BrOS. The molecule has 0 aliphatic rings. The van der Waals surface area contributed by atoms with Gasteiger partial charge < -0.3 is 4.42 Å². The summed E-state index contributed by atoms with van der Waals surface area (Å²) >= 11 is 5.51. The second-order valence-corrected chi connectivity index (χ2v) is 9.78. The summed E-state index contributed by atoms with van der Waals surface area (Å²) in [6.07, 6.45) is 0. The lowest BCUT2D eigenvalue weighted by atomic mass is 9.94. The van der Waals surface area contributed by atoms with E-state index in [1.807, 2.05) is 17.4 Å². The van der Waals surface area contributed by atoms with Gasteiger partial charge in [0.1, 0.15) is 11.2 Å². The molecule has 31 heavy (non-hydrogen) atoms. The van der Waals surface area contributed by atoms with Crippen molar-refractivity contribution in [3.8, 4) is 11.1 Å². The first-order chi connectivity index (χ1) is 15.3. The lowest BCUT2D eigenvalue weighted by Gasteiger charge is -2.10. The molecule has 0 spiro atoms. The van der Waals surface area contributed by atoms with Gasteiger partial charge in [-0.2, -0.15) is 0 Å². The number of furan rings is 1. The molecule has 0 bridgehead atoms. The monoisotopic (exact) mass is 478 g/mol. The van der Waals surface area contributed by atoms with Gasteiger partial charge in [0.15, 0.2) is 0 Å². The van der Waals surface area contributed by atoms with E-state index in [9.17, 15) is 0 Å². The number of hydrogen-bond donors (Lipinski definition) is 0. The van der Waals surface area contributed by atoms with Crippen molar-refractivity contribution in [1.29, 1.82) is 0 Å². The van der Waals surface area contributed by atoms with Crippen LogP contribution < -0.4 is 0 Å². The van der Waals surface area contributed by atoms with Crippen LogP contribution in [-0.4, -0.2) is 0 Å². The van der Waals surface area contributed by atoms with Crippen molar-refractivity contribution in [1.82, 2.24) is 0 Å². The summed E-state index contributed by atoms with van der Waals surface area (Å²) in [4.78, 5) is 0. The van der Waals surface area contributed by atoms with Crippen LogP contribution in [0.15, 0.2) is 99.9 Å². The van der Waals surface area contributed by atoms with Crippen LogP contribution in [0.1, 0.15) is 0 Å². The maximum atomic E-state index is 6.15. The summed E-state index contributed by atoms with van der Waals surface area (Å²) < 4.78 is 9.81. The molecule has 0 aliphatic heterocycles. The predicted octanol–water partition coefficient (Wildman–Crippen LogP) is 9.54. The molecule has 3 heteroatoms. The molecule has 0 radical (unpaired) electrons. The molecule has 0 saturated carbocycles. The van der Waals surface area contributed by atoms with Gasteiger partial charge in [-0.3, -0.25) is 0 Å². The Labute approximate surface area is 190 Å². The molecule has 5 aromatic carbocycles. The molecule has 0 saturated heterocycles. The van der Waals surface area contributed by atoms with Gasteiger partial charge in [-0.25, -0.2) is 0 Å². The average molecular weight is 479 g/mol. The van der Waals surface area contributed by atoms with E-state index in [1.165, 1.54) is 42.1 Å². The first-order valence-electron chi connectivity index (χ1n) is 10.2. The topological polar surface area (TPSA) is 13.1 Å². The van der Waals surface area contributed by atoms with Crippen LogP contribution in [0.2, 0.25) is 0 Å². The van der Waals surface area contributed by atoms with E-state index in [0.717, 1.165) is 26.4 Å². The Kier molecular flexibility index (Phi) is 3.64. The highest BCUT2D eigenvalue weighted by atomic mass is 79.9. The average Bonchev–Trinajstić information content (AvgIpc) is 3.36. The Morgan fingerprint density at radius 2 is 1.45 bits per heavy atom. The predicted molar refractivity (Wildman–Crippen MR) is 137 cm³/mol. The summed E-state index contributed by atoms with van der Waals surface area (Å²) in [5.74, 6) is 0. The fourth-order valence-corrected chi connectivity index (χ4v) is 6.44. The zero-order chi connectivity index (χ0) is 20.5. The highest BCUT2D eigenvalue weighted by molar-refractivity contribution is 9.10. The van der Waals surface area contributed by atoms with E-state index >= 15 is 0 Å². The highest BCUT2D eigenvalue weighted by Gasteiger charge is 2.16. The third-order valence-electron chi connectivity index (χ3n) is 6.13. The van der Waals surface area contributed by atoms with Crippen LogP contribution >= 0.6 is 27.3 Å². The van der Waals surface area contributed by atoms with Gasteiger partial charge in [0.25, 0.3) is 0 Å². The van der Waals surface area contributed by atoms with Crippen LogP contribution in [0.4, 0.5) is 0 Å². The largest absolute Gasteiger partial charge is 0.455 e. The highest BCUT2D eigenvalue weighted by Crippen LogP contribution is 2.45. The number of hydrogen-bond acceptors (Lipinski definition) is 2. The Morgan fingerprint density at radius 3 is 2.39 bits per heavy atom. The van der Waals surface area contributed by atoms with E-state index in [4.69, 9.17) is 4.42 Å². The van der Waals surface area contributed by atoms with Gasteiger partial charge in [-0.15, -0.1) is 11.3 Å². The summed E-state index contributed by atoms with van der Waals surface area (Å²) in [7, 11) is 0. The zero-order valence-electron chi connectivity index (χ0n) is 16.4. The standard InChI is InChI=1S/C28H15BrOS/c29-23-10-5-9-20-21-15-17(12-13-24(21)30-27(20)23)26-18-7-2-1-6-16(18)14-22-19-8-3-4-11-25(19)31-28(22)26/h1-15H. The zero-order valence-corrected chi connectivity index (χ0v) is 18.8. The molecule has 2 heterocycles. The number of rotatable bonds is 1. The Morgan fingerprint density at radius 1 is 0.645 bits per heavy atom. The smallest absolute Gasteiger partial charge is 0.149 e. The van der Waals surface area contributed by atoms with Crippen molar-refractivity contribution in [3.63, 3.8) is 0 Å². The number of benzene rings is 5. The van der Waals surface area contributed by atoms with Gasteiger partial charge >= 0.3 is 0 Å². The fraction of sp³-hybridized carbons (Fsp3) is 0. The van der Waals surface area contributed by atoms with Crippen molar-refractivity contribution in [2.45, 2.75) is 0 Å². The lowest BCUT2D eigenvalue weighted by molar-refractivity contribution is 0.667. The third-order valence-corrected chi connectivity index (χ3v) is 7.96. The molecule has 7 aromatic rings. The Balaban J connectivity index is 1.65. The van der Waals surface area contributed by atoms with Crippen LogP contribution in [-0.2, 0) is 0 Å². The van der Waals surface area contributed by atoms with Crippen molar-refractivity contribution < 1.29 is 4.42 Å². The SMILES string of the molecule is Brc1cccc2c1oc1ccc(-c3c4ccccc4cc4c3sc3ccccc34)cc12. The lowest BCUT2D eigenvalue weighted by Crippen LogP contribution is -1.83. The summed E-state index contributed by atoms with van der Waals surface area (Å²) in [5, 5.41) is 7.50. The summed E-state index contributed by atoms with van der Waals surface area (Å²) in [6.45, 7) is 0. The molecule has 0 aliphatic carbocycles. The second kappa shape index (κ2) is 6.43. The minimum Gasteiger partial charge on any atom is -0.455 e. The van der Waals surface area contributed by atoms with Gasteiger partial charge in [-0.05, 0) is 62.6 Å². The number of para-hydroxylation sites is 1. The summed E-state index contributed by atoms with van der Waals surface area (Å²) in [5.41, 5.74) is 4.35. The molecule has 146 valence electrons. The molecule has 0 unspecified atom stereocenters. The first-order valence-corrected chi connectivity index (χ1v) is 11.8. The minimum absolute atomic E-state index is 0.902. The van der Waals surface area contributed by atoms with E-state index in [0.29, 0.717) is 0 Å². The van der Waals surface area contributed by atoms with Crippen molar-refractivity contribution >= 4 is 80.1 Å². The van der Waals surface area contributed by atoms with Gasteiger partial charge in [0.05, 0.1) is 4.47 Å². The Hall–Kier alpha value is -3.14. The van der Waals surface area contributed by atoms with Gasteiger partial charge in [0, 0.05) is 36.5 Å². The Bertz CT molecular complexity index is 1810. The quantitative estimate of drug-likeness (QED) is 0.229. The van der Waals surface area contributed by atoms with Crippen LogP contribution in [0.5, 0.6) is 0 Å². The van der Waals surface area contributed by atoms with E-state index in [1.54, 1.807) is 0 Å². The van der Waals surface area contributed by atoms with Crippen LogP contribution in [0, 0.1) is 0 Å². The van der Waals surface area contributed by atoms with Crippen LogP contribution in [0.25, 0.3) is 64.0 Å². The van der Waals surface area contributed by atoms with E-state index in [-0.39, 0.29) is 0 Å². The number of fused-ring (bicyclic) bond motifs is 7. The van der Waals surface area contributed by atoms with Crippen LogP contribution in [0.3, 0.4) is 0 Å². The molecular weight excluding hydrogens is 464 g/mol. The fourth-order valence-electron chi connectivity index (χ4n) is 4.73. The van der Waals surface area contributed by atoms with Crippen molar-refractivity contribution in [3.05, 3.63) is 95.5 Å². The van der Waals surface area contributed by atoms with E-state index < -0.39 is 0 Å². The molecule has 1 nitrogen and oxygen atoms in total. The number of thiophene rings is 1. The normalized spacial score (nSPS) is 12.0. The molecule has 0 N–H and O–H groups in total. The second-order valence-electron chi connectivity index (χ2n) is 7.88. The maximum Gasteiger partial charge on any atom is 0.149 e. The van der Waals surface area contributed by atoms with Gasteiger partial charge in [-0.1, -0.05) is 60.7 Å². The third kappa shape index (κ3) is 2.48. The molecule has 7 rings (SSSR count). The minimum atomic E-state index is 0.902. The number of halogens is 1. The molecule has 0 atom stereocenters. The van der Waals surface area contributed by atoms with Crippen molar-refractivity contribution in [2.75, 3.05) is 0 Å². The molecule has 2 aromatic heterocycles. The van der Waals surface area contributed by atoms with Crippen molar-refractivity contribution in [2.24, 2.45) is 0 Å². The maximum absolute atomic E-state index is 6.15.